The number of ether oxygens (including phenoxy) is 1. The van der Waals surface area contributed by atoms with Crippen LogP contribution in [0.1, 0.15) is 19.8 Å². The van der Waals surface area contributed by atoms with Gasteiger partial charge in [0, 0.05) is 32.1 Å². The van der Waals surface area contributed by atoms with Crippen molar-refractivity contribution < 1.29 is 19.1 Å². The Morgan fingerprint density at radius 2 is 1.68 bits per heavy atom. The van der Waals surface area contributed by atoms with Gasteiger partial charge in [-0.05, 0) is 19.8 Å². The Balaban J connectivity index is 1.74. The quantitative estimate of drug-likeness (QED) is 0.787. The molecule has 7 heteroatoms. The lowest BCUT2D eigenvalue weighted by atomic mass is 10.3. The second-order valence-corrected chi connectivity index (χ2v) is 4.74. The Kier molecular flexibility index (Phi) is 4.24. The number of carbonyl (C=O) groups is 3. The van der Waals surface area contributed by atoms with E-state index >= 15 is 0 Å². The highest BCUT2D eigenvalue weighted by Crippen LogP contribution is 2.28. The SMILES string of the molecule is CCOC(=O)N1CCN(C(=O)NC(=O)C2CC2)CC1. The van der Waals surface area contributed by atoms with Crippen molar-refractivity contribution in [2.24, 2.45) is 5.92 Å². The zero-order chi connectivity index (χ0) is 13.8. The fourth-order valence-electron chi connectivity index (χ4n) is 1.94. The van der Waals surface area contributed by atoms with Crippen molar-refractivity contribution in [3.05, 3.63) is 0 Å². The standard InChI is InChI=1S/C12H19N3O4/c1-2-19-12(18)15-7-5-14(6-8-15)11(17)13-10(16)9-3-4-9/h9H,2-8H2,1H3,(H,13,16,17). The smallest absolute Gasteiger partial charge is 0.409 e. The number of urea groups is 1. The molecule has 19 heavy (non-hydrogen) atoms. The van der Waals surface area contributed by atoms with Crippen LogP contribution in [0.5, 0.6) is 0 Å². The van der Waals surface area contributed by atoms with Crippen molar-refractivity contribution in [3.8, 4) is 0 Å². The summed E-state index contributed by atoms with van der Waals surface area (Å²) in [6, 6.07) is -0.361. The van der Waals surface area contributed by atoms with Crippen LogP contribution in [-0.4, -0.2) is 60.6 Å². The fourth-order valence-corrected chi connectivity index (χ4v) is 1.94. The molecule has 1 aliphatic carbocycles. The predicted octanol–water partition coefficient (Wildman–Crippen LogP) is 0.407. The maximum absolute atomic E-state index is 11.8. The fraction of sp³-hybridized carbons (Fsp3) is 0.750. The van der Waals surface area contributed by atoms with Gasteiger partial charge in [-0.25, -0.2) is 9.59 Å². The summed E-state index contributed by atoms with van der Waals surface area (Å²) in [5.41, 5.74) is 0. The molecule has 2 fully saturated rings. The molecule has 0 aromatic carbocycles. The molecular weight excluding hydrogens is 250 g/mol. The first kappa shape index (κ1) is 13.6. The summed E-state index contributed by atoms with van der Waals surface area (Å²) < 4.78 is 4.90. The zero-order valence-electron chi connectivity index (χ0n) is 11.1. The van der Waals surface area contributed by atoms with E-state index in [4.69, 9.17) is 4.74 Å². The Bertz CT molecular complexity index is 373. The van der Waals surface area contributed by atoms with Crippen LogP contribution in [0.4, 0.5) is 9.59 Å². The van der Waals surface area contributed by atoms with E-state index in [1.807, 2.05) is 0 Å². The van der Waals surface area contributed by atoms with Gasteiger partial charge in [0.1, 0.15) is 0 Å². The molecule has 2 aliphatic rings. The van der Waals surface area contributed by atoms with Gasteiger partial charge in [-0.1, -0.05) is 0 Å². The highest BCUT2D eigenvalue weighted by molar-refractivity contribution is 5.96. The van der Waals surface area contributed by atoms with Gasteiger partial charge < -0.3 is 14.5 Å². The largest absolute Gasteiger partial charge is 0.450 e. The molecule has 1 aliphatic heterocycles. The molecule has 106 valence electrons. The molecule has 1 saturated heterocycles. The van der Waals surface area contributed by atoms with Crippen molar-refractivity contribution in [1.29, 1.82) is 0 Å². The molecule has 0 unspecified atom stereocenters. The number of nitrogens with one attached hydrogen (secondary N) is 1. The summed E-state index contributed by atoms with van der Waals surface area (Å²) in [5, 5.41) is 2.39. The number of rotatable bonds is 2. The van der Waals surface area contributed by atoms with Gasteiger partial charge in [0.2, 0.25) is 5.91 Å². The first-order valence-electron chi connectivity index (χ1n) is 6.63. The molecule has 1 heterocycles. The van der Waals surface area contributed by atoms with Gasteiger partial charge >= 0.3 is 12.1 Å². The lowest BCUT2D eigenvalue weighted by Crippen LogP contribution is -2.54. The van der Waals surface area contributed by atoms with Crippen LogP contribution in [0, 0.1) is 5.92 Å². The third-order valence-electron chi connectivity index (χ3n) is 3.27. The van der Waals surface area contributed by atoms with E-state index in [0.717, 1.165) is 12.8 Å². The average molecular weight is 269 g/mol. The molecule has 0 aromatic rings. The van der Waals surface area contributed by atoms with Gasteiger partial charge in [-0.2, -0.15) is 0 Å². The van der Waals surface area contributed by atoms with Crippen LogP contribution in [-0.2, 0) is 9.53 Å². The number of amides is 4. The Labute approximate surface area is 111 Å². The number of piperazine rings is 1. The summed E-state index contributed by atoms with van der Waals surface area (Å²) in [5.74, 6) is -0.164. The molecule has 2 rings (SSSR count). The molecule has 4 amide bonds. The molecule has 0 spiro atoms. The summed E-state index contributed by atoms with van der Waals surface area (Å²) in [7, 11) is 0. The van der Waals surface area contributed by atoms with Gasteiger partial charge in [0.25, 0.3) is 0 Å². The highest BCUT2D eigenvalue weighted by atomic mass is 16.6. The van der Waals surface area contributed by atoms with Crippen LogP contribution < -0.4 is 5.32 Å². The van der Waals surface area contributed by atoms with Gasteiger partial charge in [0.15, 0.2) is 0 Å². The van der Waals surface area contributed by atoms with E-state index in [1.54, 1.807) is 16.7 Å². The zero-order valence-corrected chi connectivity index (χ0v) is 11.1. The Hall–Kier alpha value is -1.79. The topological polar surface area (TPSA) is 79.0 Å². The maximum Gasteiger partial charge on any atom is 0.409 e. The molecule has 0 bridgehead atoms. The normalized spacial score (nSPS) is 19.0. The maximum atomic E-state index is 11.8. The molecule has 1 N–H and O–H groups in total. The van der Waals surface area contributed by atoms with Crippen LogP contribution in [0.15, 0.2) is 0 Å². The molecule has 0 aromatic heterocycles. The molecule has 0 radical (unpaired) electrons. The summed E-state index contributed by atoms with van der Waals surface area (Å²) in [6.45, 7) is 3.81. The van der Waals surface area contributed by atoms with Crippen LogP contribution in [0.25, 0.3) is 0 Å². The lowest BCUT2D eigenvalue weighted by molar-refractivity contribution is -0.121. The van der Waals surface area contributed by atoms with Crippen LogP contribution >= 0.6 is 0 Å². The van der Waals surface area contributed by atoms with Crippen molar-refractivity contribution in [1.82, 2.24) is 15.1 Å². The van der Waals surface area contributed by atoms with E-state index in [-0.39, 0.29) is 23.9 Å². The first-order valence-corrected chi connectivity index (χ1v) is 6.63. The monoisotopic (exact) mass is 269 g/mol. The minimum atomic E-state index is -0.361. The lowest BCUT2D eigenvalue weighted by Gasteiger charge is -2.33. The molecular formula is C12H19N3O4. The second-order valence-electron chi connectivity index (χ2n) is 4.74. The van der Waals surface area contributed by atoms with Crippen LogP contribution in [0.2, 0.25) is 0 Å². The summed E-state index contributed by atoms with van der Waals surface area (Å²) in [6.07, 6.45) is 1.39. The van der Waals surface area contributed by atoms with E-state index in [1.165, 1.54) is 0 Å². The van der Waals surface area contributed by atoms with E-state index in [0.29, 0.717) is 32.8 Å². The molecule has 7 nitrogen and oxygen atoms in total. The minimum absolute atomic E-state index is 0.0183. The number of hydrogen-bond donors (Lipinski definition) is 1. The van der Waals surface area contributed by atoms with E-state index < -0.39 is 0 Å². The number of carbonyl (C=O) groups excluding carboxylic acids is 3. The number of hydrogen-bond acceptors (Lipinski definition) is 4. The number of imide groups is 1. The molecule has 1 saturated carbocycles. The second kappa shape index (κ2) is 5.90. The van der Waals surface area contributed by atoms with Crippen molar-refractivity contribution in [2.75, 3.05) is 32.8 Å². The minimum Gasteiger partial charge on any atom is -0.450 e. The van der Waals surface area contributed by atoms with Crippen molar-refractivity contribution in [2.45, 2.75) is 19.8 Å². The van der Waals surface area contributed by atoms with Crippen molar-refractivity contribution >= 4 is 18.0 Å². The Morgan fingerprint density at radius 1 is 1.11 bits per heavy atom. The number of nitrogens with zero attached hydrogens (tertiary/aromatic N) is 2. The predicted molar refractivity (Wildman–Crippen MR) is 66.4 cm³/mol. The van der Waals surface area contributed by atoms with Gasteiger partial charge in [0.05, 0.1) is 6.61 Å². The van der Waals surface area contributed by atoms with Crippen LogP contribution in [0.3, 0.4) is 0 Å². The summed E-state index contributed by atoms with van der Waals surface area (Å²) >= 11 is 0. The Morgan fingerprint density at radius 3 is 2.21 bits per heavy atom. The molecule has 0 atom stereocenters. The van der Waals surface area contributed by atoms with Gasteiger partial charge in [-0.3, -0.25) is 10.1 Å². The van der Waals surface area contributed by atoms with E-state index in [9.17, 15) is 14.4 Å². The summed E-state index contributed by atoms with van der Waals surface area (Å²) in [4.78, 5) is 37.9. The average Bonchev–Trinajstić information content (AvgIpc) is 3.23. The highest BCUT2D eigenvalue weighted by Gasteiger charge is 2.32. The van der Waals surface area contributed by atoms with E-state index in [2.05, 4.69) is 5.32 Å². The van der Waals surface area contributed by atoms with Gasteiger partial charge in [-0.15, -0.1) is 0 Å². The van der Waals surface area contributed by atoms with Crippen molar-refractivity contribution in [3.63, 3.8) is 0 Å². The third-order valence-corrected chi connectivity index (χ3v) is 3.27. The third kappa shape index (κ3) is 3.59. The first-order chi connectivity index (χ1) is 9.11.